The fraction of sp³-hybridized carbons (Fsp3) is 0.500. The lowest BCUT2D eigenvalue weighted by atomic mass is 9.97. The number of piperidine rings is 1. The van der Waals surface area contributed by atoms with Crippen LogP contribution < -0.4 is 0 Å². The molecule has 0 aromatic carbocycles. The van der Waals surface area contributed by atoms with Gasteiger partial charge in [-0.3, -0.25) is 14.7 Å². The standard InChI is InChI=1S/C12H15FN2O2/c13-11-5-9(6-14-7-11)8-15-3-1-10(2-4-15)12(16)17/h5-7,10H,1-4,8H2,(H,16,17). The number of nitrogens with zero attached hydrogens (tertiary/aromatic N) is 2. The van der Waals surface area contributed by atoms with Gasteiger partial charge in [-0.15, -0.1) is 0 Å². The molecule has 4 nitrogen and oxygen atoms in total. The highest BCUT2D eigenvalue weighted by atomic mass is 19.1. The first-order valence-electron chi connectivity index (χ1n) is 5.70. The summed E-state index contributed by atoms with van der Waals surface area (Å²) >= 11 is 0. The Kier molecular flexibility index (Phi) is 3.68. The van der Waals surface area contributed by atoms with E-state index in [1.54, 1.807) is 6.20 Å². The molecule has 1 aliphatic rings. The summed E-state index contributed by atoms with van der Waals surface area (Å²) in [6.45, 7) is 2.12. The third-order valence-corrected chi connectivity index (χ3v) is 3.10. The number of aliphatic carboxylic acids is 1. The molecular formula is C12H15FN2O2. The van der Waals surface area contributed by atoms with Crippen molar-refractivity contribution in [2.75, 3.05) is 13.1 Å². The van der Waals surface area contributed by atoms with Crippen molar-refractivity contribution in [1.29, 1.82) is 0 Å². The number of carboxylic acids is 1. The van der Waals surface area contributed by atoms with Gasteiger partial charge >= 0.3 is 5.97 Å². The fourth-order valence-electron chi connectivity index (χ4n) is 2.14. The molecule has 1 saturated heterocycles. The third-order valence-electron chi connectivity index (χ3n) is 3.10. The molecule has 1 fully saturated rings. The predicted molar refractivity (Wildman–Crippen MR) is 59.8 cm³/mol. The van der Waals surface area contributed by atoms with E-state index in [1.807, 2.05) is 0 Å². The summed E-state index contributed by atoms with van der Waals surface area (Å²) < 4.78 is 12.9. The number of hydrogen-bond donors (Lipinski definition) is 1. The van der Waals surface area contributed by atoms with Gasteiger partial charge in [0.25, 0.3) is 0 Å². The Hall–Kier alpha value is -1.49. The van der Waals surface area contributed by atoms with E-state index < -0.39 is 5.97 Å². The summed E-state index contributed by atoms with van der Waals surface area (Å²) in [6.07, 6.45) is 4.16. The summed E-state index contributed by atoms with van der Waals surface area (Å²) in [5.41, 5.74) is 0.832. The third kappa shape index (κ3) is 3.23. The van der Waals surface area contributed by atoms with Crippen molar-refractivity contribution >= 4 is 5.97 Å². The normalized spacial score (nSPS) is 18.2. The Balaban J connectivity index is 1.88. The van der Waals surface area contributed by atoms with Crippen LogP contribution in [0.5, 0.6) is 0 Å². The second kappa shape index (κ2) is 5.23. The predicted octanol–water partition coefficient (Wildman–Crippen LogP) is 1.52. The zero-order valence-electron chi connectivity index (χ0n) is 9.47. The molecule has 0 bridgehead atoms. The zero-order chi connectivity index (χ0) is 12.3. The first-order chi connectivity index (χ1) is 8.15. The van der Waals surface area contributed by atoms with Gasteiger partial charge in [0, 0.05) is 12.7 Å². The molecule has 0 atom stereocenters. The summed E-state index contributed by atoms with van der Waals surface area (Å²) in [5, 5.41) is 8.87. The second-order valence-electron chi connectivity index (χ2n) is 4.40. The largest absolute Gasteiger partial charge is 0.481 e. The average molecular weight is 238 g/mol. The summed E-state index contributed by atoms with van der Waals surface area (Å²) in [6, 6.07) is 1.47. The van der Waals surface area contributed by atoms with Crippen LogP contribution in [0.15, 0.2) is 18.5 Å². The number of likely N-dealkylation sites (tertiary alicyclic amines) is 1. The van der Waals surface area contributed by atoms with Crippen molar-refractivity contribution in [2.45, 2.75) is 19.4 Å². The first-order valence-corrected chi connectivity index (χ1v) is 5.70. The lowest BCUT2D eigenvalue weighted by molar-refractivity contribution is -0.143. The van der Waals surface area contributed by atoms with E-state index in [2.05, 4.69) is 9.88 Å². The van der Waals surface area contributed by atoms with Gasteiger partial charge in [-0.1, -0.05) is 0 Å². The van der Waals surface area contributed by atoms with Crippen LogP contribution in [0.25, 0.3) is 0 Å². The van der Waals surface area contributed by atoms with Gasteiger partial charge in [-0.25, -0.2) is 4.39 Å². The lowest BCUT2D eigenvalue weighted by Gasteiger charge is -2.29. The quantitative estimate of drug-likeness (QED) is 0.867. The van der Waals surface area contributed by atoms with Crippen LogP contribution in [0.1, 0.15) is 18.4 Å². The zero-order valence-corrected chi connectivity index (χ0v) is 9.47. The molecular weight excluding hydrogens is 223 g/mol. The second-order valence-corrected chi connectivity index (χ2v) is 4.40. The van der Waals surface area contributed by atoms with Crippen LogP contribution in [0.2, 0.25) is 0 Å². The highest BCUT2D eigenvalue weighted by Crippen LogP contribution is 2.19. The number of pyridine rings is 1. The molecule has 92 valence electrons. The SMILES string of the molecule is O=C(O)C1CCN(Cc2cncc(F)c2)CC1. The minimum absolute atomic E-state index is 0.225. The van der Waals surface area contributed by atoms with Gasteiger partial charge in [0.2, 0.25) is 0 Å². The first kappa shape index (κ1) is 12.0. The number of rotatable bonds is 3. The molecule has 2 rings (SSSR count). The number of aromatic nitrogens is 1. The number of carbonyl (C=O) groups is 1. The molecule has 0 radical (unpaired) electrons. The summed E-state index contributed by atoms with van der Waals surface area (Å²) in [4.78, 5) is 16.7. The van der Waals surface area contributed by atoms with Gasteiger partial charge in [-0.2, -0.15) is 0 Å². The van der Waals surface area contributed by atoms with Gasteiger partial charge in [0.05, 0.1) is 12.1 Å². The molecule has 0 unspecified atom stereocenters. The number of carboxylic acid groups (broad SMARTS) is 1. The topological polar surface area (TPSA) is 53.4 Å². The monoisotopic (exact) mass is 238 g/mol. The highest BCUT2D eigenvalue weighted by molar-refractivity contribution is 5.70. The van der Waals surface area contributed by atoms with Crippen molar-refractivity contribution < 1.29 is 14.3 Å². The van der Waals surface area contributed by atoms with E-state index >= 15 is 0 Å². The molecule has 0 aliphatic carbocycles. The summed E-state index contributed by atoms with van der Waals surface area (Å²) in [7, 11) is 0. The smallest absolute Gasteiger partial charge is 0.306 e. The minimum Gasteiger partial charge on any atom is -0.481 e. The average Bonchev–Trinajstić information content (AvgIpc) is 2.29. The highest BCUT2D eigenvalue weighted by Gasteiger charge is 2.24. The Labute approximate surface area is 99.1 Å². The maximum absolute atomic E-state index is 12.9. The molecule has 17 heavy (non-hydrogen) atoms. The minimum atomic E-state index is -0.711. The van der Waals surface area contributed by atoms with E-state index in [-0.39, 0.29) is 11.7 Å². The van der Waals surface area contributed by atoms with E-state index in [0.29, 0.717) is 19.4 Å². The van der Waals surface area contributed by atoms with Crippen LogP contribution in [0.4, 0.5) is 4.39 Å². The van der Waals surface area contributed by atoms with Gasteiger partial charge in [0.15, 0.2) is 0 Å². The Morgan fingerprint density at radius 1 is 1.47 bits per heavy atom. The summed E-state index contributed by atoms with van der Waals surface area (Å²) in [5.74, 6) is -1.27. The van der Waals surface area contributed by atoms with E-state index in [0.717, 1.165) is 18.7 Å². The van der Waals surface area contributed by atoms with Crippen molar-refractivity contribution in [2.24, 2.45) is 5.92 Å². The molecule has 1 N–H and O–H groups in total. The Bertz CT molecular complexity index is 403. The molecule has 1 aromatic heterocycles. The van der Waals surface area contributed by atoms with Crippen LogP contribution in [0, 0.1) is 11.7 Å². The molecule has 1 aromatic rings. The molecule has 5 heteroatoms. The van der Waals surface area contributed by atoms with Crippen LogP contribution in [-0.2, 0) is 11.3 Å². The number of hydrogen-bond acceptors (Lipinski definition) is 3. The van der Waals surface area contributed by atoms with Crippen molar-refractivity contribution in [3.63, 3.8) is 0 Å². The molecule has 0 saturated carbocycles. The lowest BCUT2D eigenvalue weighted by Crippen LogP contribution is -2.35. The Morgan fingerprint density at radius 2 is 2.18 bits per heavy atom. The molecule has 1 aliphatic heterocycles. The van der Waals surface area contributed by atoms with Crippen molar-refractivity contribution in [3.8, 4) is 0 Å². The molecule has 0 amide bonds. The van der Waals surface area contributed by atoms with Crippen LogP contribution in [0.3, 0.4) is 0 Å². The van der Waals surface area contributed by atoms with Crippen molar-refractivity contribution in [3.05, 3.63) is 29.8 Å². The maximum atomic E-state index is 12.9. The fourth-order valence-corrected chi connectivity index (χ4v) is 2.14. The van der Waals surface area contributed by atoms with Gasteiger partial charge < -0.3 is 5.11 Å². The van der Waals surface area contributed by atoms with Gasteiger partial charge in [-0.05, 0) is 37.6 Å². The molecule has 2 heterocycles. The van der Waals surface area contributed by atoms with Crippen LogP contribution >= 0.6 is 0 Å². The maximum Gasteiger partial charge on any atom is 0.306 e. The molecule has 0 spiro atoms. The van der Waals surface area contributed by atoms with Crippen LogP contribution in [-0.4, -0.2) is 34.0 Å². The van der Waals surface area contributed by atoms with E-state index in [4.69, 9.17) is 5.11 Å². The van der Waals surface area contributed by atoms with Crippen molar-refractivity contribution in [1.82, 2.24) is 9.88 Å². The number of halogens is 1. The van der Waals surface area contributed by atoms with E-state index in [1.165, 1.54) is 12.3 Å². The van der Waals surface area contributed by atoms with Gasteiger partial charge in [0.1, 0.15) is 5.82 Å². The Morgan fingerprint density at radius 3 is 2.76 bits per heavy atom. The van der Waals surface area contributed by atoms with E-state index in [9.17, 15) is 9.18 Å².